The minimum Gasteiger partial charge on any atom is -0.360 e. The summed E-state index contributed by atoms with van der Waals surface area (Å²) in [5, 5.41) is 6.68. The molecule has 50 valence electrons. The predicted octanol–water partition coefficient (Wildman–Crippen LogP) is 0.702. The highest BCUT2D eigenvalue weighted by Crippen LogP contribution is 1.99. The molecule has 0 aromatic carbocycles. The first-order valence-electron chi connectivity index (χ1n) is 2.89. The standard InChI is InChI=1S/C6H10N2O/c1-5-3-6(4-7-2)9-8-5/h3,7H,4H2,1-2H3. The summed E-state index contributed by atoms with van der Waals surface area (Å²) in [6, 6.07) is 1.91. The van der Waals surface area contributed by atoms with Crippen LogP contribution in [0.5, 0.6) is 0 Å². The van der Waals surface area contributed by atoms with Gasteiger partial charge in [-0.3, -0.25) is 0 Å². The second-order valence-electron chi connectivity index (χ2n) is 1.96. The van der Waals surface area contributed by atoms with E-state index in [1.807, 2.05) is 20.0 Å². The van der Waals surface area contributed by atoms with Crippen molar-refractivity contribution in [1.82, 2.24) is 10.5 Å². The zero-order valence-electron chi connectivity index (χ0n) is 5.64. The first-order chi connectivity index (χ1) is 4.33. The predicted molar refractivity (Wildman–Crippen MR) is 34.0 cm³/mol. The first-order valence-corrected chi connectivity index (χ1v) is 2.89. The maximum Gasteiger partial charge on any atom is 0.150 e. The molecule has 1 heterocycles. The van der Waals surface area contributed by atoms with E-state index in [1.165, 1.54) is 0 Å². The fraction of sp³-hybridized carbons (Fsp3) is 0.500. The SMILES string of the molecule is CNCc1cc(C)no1. The second-order valence-corrected chi connectivity index (χ2v) is 1.96. The average Bonchev–Trinajstić information content (AvgIpc) is 2.17. The van der Waals surface area contributed by atoms with Crippen LogP contribution in [0.25, 0.3) is 0 Å². The van der Waals surface area contributed by atoms with Crippen LogP contribution in [0.3, 0.4) is 0 Å². The number of rotatable bonds is 2. The molecular formula is C6H10N2O. The van der Waals surface area contributed by atoms with E-state index in [0.717, 1.165) is 18.0 Å². The van der Waals surface area contributed by atoms with E-state index in [4.69, 9.17) is 4.52 Å². The molecular weight excluding hydrogens is 116 g/mol. The van der Waals surface area contributed by atoms with E-state index in [0.29, 0.717) is 0 Å². The third kappa shape index (κ3) is 1.54. The summed E-state index contributed by atoms with van der Waals surface area (Å²) in [6.45, 7) is 2.66. The van der Waals surface area contributed by atoms with Crippen LogP contribution in [0, 0.1) is 6.92 Å². The van der Waals surface area contributed by atoms with E-state index < -0.39 is 0 Å². The number of hydrogen-bond acceptors (Lipinski definition) is 3. The van der Waals surface area contributed by atoms with Crippen LogP contribution in [0.15, 0.2) is 10.6 Å². The van der Waals surface area contributed by atoms with Gasteiger partial charge < -0.3 is 9.84 Å². The van der Waals surface area contributed by atoms with Gasteiger partial charge >= 0.3 is 0 Å². The lowest BCUT2D eigenvalue weighted by Gasteiger charge is -1.87. The van der Waals surface area contributed by atoms with Gasteiger partial charge in [0, 0.05) is 6.07 Å². The molecule has 9 heavy (non-hydrogen) atoms. The van der Waals surface area contributed by atoms with Crippen molar-refractivity contribution in [2.45, 2.75) is 13.5 Å². The number of nitrogens with one attached hydrogen (secondary N) is 1. The monoisotopic (exact) mass is 126 g/mol. The number of nitrogens with zero attached hydrogens (tertiary/aromatic N) is 1. The molecule has 0 atom stereocenters. The van der Waals surface area contributed by atoms with E-state index in [9.17, 15) is 0 Å². The molecule has 0 radical (unpaired) electrons. The quantitative estimate of drug-likeness (QED) is 0.634. The van der Waals surface area contributed by atoms with Crippen LogP contribution in [0.4, 0.5) is 0 Å². The van der Waals surface area contributed by atoms with Gasteiger partial charge in [-0.15, -0.1) is 0 Å². The lowest BCUT2D eigenvalue weighted by molar-refractivity contribution is 0.373. The minimum absolute atomic E-state index is 0.751. The molecule has 1 aromatic rings. The van der Waals surface area contributed by atoms with Crippen LogP contribution in [-0.2, 0) is 6.54 Å². The Morgan fingerprint density at radius 1 is 1.78 bits per heavy atom. The molecule has 3 nitrogen and oxygen atoms in total. The Morgan fingerprint density at radius 3 is 3.00 bits per heavy atom. The third-order valence-corrected chi connectivity index (χ3v) is 1.03. The lowest BCUT2D eigenvalue weighted by atomic mass is 10.4. The van der Waals surface area contributed by atoms with Gasteiger partial charge in [-0.05, 0) is 14.0 Å². The Balaban J connectivity index is 2.61. The molecule has 0 spiro atoms. The van der Waals surface area contributed by atoms with Gasteiger partial charge in [0.25, 0.3) is 0 Å². The fourth-order valence-electron chi connectivity index (χ4n) is 0.674. The van der Waals surface area contributed by atoms with Crippen LogP contribution in [-0.4, -0.2) is 12.2 Å². The zero-order chi connectivity index (χ0) is 6.69. The minimum atomic E-state index is 0.751. The number of hydrogen-bond donors (Lipinski definition) is 1. The Morgan fingerprint density at radius 2 is 2.56 bits per heavy atom. The molecule has 0 fully saturated rings. The summed E-state index contributed by atoms with van der Waals surface area (Å²) in [5.41, 5.74) is 0.931. The molecule has 0 saturated carbocycles. The summed E-state index contributed by atoms with van der Waals surface area (Å²) in [7, 11) is 1.87. The molecule has 0 saturated heterocycles. The van der Waals surface area contributed by atoms with E-state index >= 15 is 0 Å². The molecule has 0 unspecified atom stereocenters. The van der Waals surface area contributed by atoms with Gasteiger partial charge in [0.15, 0.2) is 5.76 Å². The Bertz CT molecular complexity index is 183. The summed E-state index contributed by atoms with van der Waals surface area (Å²) in [4.78, 5) is 0. The normalized spacial score (nSPS) is 10.0. The molecule has 1 rings (SSSR count). The summed E-state index contributed by atoms with van der Waals surface area (Å²) in [6.07, 6.45) is 0. The van der Waals surface area contributed by atoms with Gasteiger partial charge in [0.1, 0.15) is 0 Å². The van der Waals surface area contributed by atoms with E-state index in [1.54, 1.807) is 0 Å². The largest absolute Gasteiger partial charge is 0.360 e. The fourth-order valence-corrected chi connectivity index (χ4v) is 0.674. The van der Waals surface area contributed by atoms with Gasteiger partial charge in [0.2, 0.25) is 0 Å². The van der Waals surface area contributed by atoms with Crippen molar-refractivity contribution >= 4 is 0 Å². The molecule has 0 aliphatic carbocycles. The van der Waals surface area contributed by atoms with E-state index in [2.05, 4.69) is 10.5 Å². The van der Waals surface area contributed by atoms with Gasteiger partial charge in [-0.2, -0.15) is 0 Å². The number of aryl methyl sites for hydroxylation is 1. The van der Waals surface area contributed by atoms with Crippen molar-refractivity contribution in [3.63, 3.8) is 0 Å². The topological polar surface area (TPSA) is 38.1 Å². The zero-order valence-corrected chi connectivity index (χ0v) is 5.64. The van der Waals surface area contributed by atoms with Crippen LogP contribution in [0.1, 0.15) is 11.5 Å². The summed E-state index contributed by atoms with van der Waals surface area (Å²) in [5.74, 6) is 0.884. The van der Waals surface area contributed by atoms with Crippen molar-refractivity contribution in [2.24, 2.45) is 0 Å². The van der Waals surface area contributed by atoms with Crippen LogP contribution >= 0.6 is 0 Å². The lowest BCUT2D eigenvalue weighted by Crippen LogP contribution is -2.03. The van der Waals surface area contributed by atoms with Crippen molar-refractivity contribution < 1.29 is 4.52 Å². The third-order valence-electron chi connectivity index (χ3n) is 1.03. The maximum absolute atomic E-state index is 4.89. The molecule has 1 N–H and O–H groups in total. The highest BCUT2D eigenvalue weighted by Gasteiger charge is 1.95. The van der Waals surface area contributed by atoms with Crippen LogP contribution in [0.2, 0.25) is 0 Å². The molecule has 0 amide bonds. The highest BCUT2D eigenvalue weighted by atomic mass is 16.5. The van der Waals surface area contributed by atoms with Crippen molar-refractivity contribution in [3.05, 3.63) is 17.5 Å². The summed E-state index contributed by atoms with van der Waals surface area (Å²) >= 11 is 0. The maximum atomic E-state index is 4.89. The van der Waals surface area contributed by atoms with Crippen molar-refractivity contribution in [2.75, 3.05) is 7.05 Å². The molecule has 0 aliphatic heterocycles. The number of aromatic nitrogens is 1. The summed E-state index contributed by atoms with van der Waals surface area (Å²) < 4.78 is 4.89. The molecule has 3 heteroatoms. The molecule has 1 aromatic heterocycles. The second kappa shape index (κ2) is 2.64. The smallest absolute Gasteiger partial charge is 0.150 e. The van der Waals surface area contributed by atoms with E-state index in [-0.39, 0.29) is 0 Å². The molecule has 0 bridgehead atoms. The van der Waals surface area contributed by atoms with Crippen LogP contribution < -0.4 is 5.32 Å². The van der Waals surface area contributed by atoms with Gasteiger partial charge in [-0.25, -0.2) is 0 Å². The highest BCUT2D eigenvalue weighted by molar-refractivity contribution is 5.02. The van der Waals surface area contributed by atoms with Gasteiger partial charge in [-0.1, -0.05) is 5.16 Å². The Labute approximate surface area is 54.0 Å². The Kier molecular flexibility index (Phi) is 1.85. The van der Waals surface area contributed by atoms with Crippen molar-refractivity contribution in [3.8, 4) is 0 Å². The van der Waals surface area contributed by atoms with Crippen molar-refractivity contribution in [1.29, 1.82) is 0 Å². The van der Waals surface area contributed by atoms with Gasteiger partial charge in [0.05, 0.1) is 12.2 Å². The Hall–Kier alpha value is -0.830. The average molecular weight is 126 g/mol. The molecule has 0 aliphatic rings. The first kappa shape index (κ1) is 6.29.